The summed E-state index contributed by atoms with van der Waals surface area (Å²) >= 11 is 3.33. The molecule has 0 amide bonds. The number of hydrogen-bond donors (Lipinski definition) is 4. The molecule has 1 heterocycles. The van der Waals surface area contributed by atoms with Gasteiger partial charge in [0, 0.05) is 35.3 Å². The molecule has 1 aromatic carbocycles. The second-order valence-electron chi connectivity index (χ2n) is 7.72. The van der Waals surface area contributed by atoms with E-state index in [0.717, 1.165) is 42.1 Å². The molecule has 2 aliphatic rings. The number of nitrogens with zero attached hydrogens (tertiary/aromatic N) is 3. The van der Waals surface area contributed by atoms with Crippen LogP contribution in [0, 0.1) is 0 Å². The number of amidine groups is 1. The Kier molecular flexibility index (Phi) is 8.80. The first-order valence-electron chi connectivity index (χ1n) is 10.5. The van der Waals surface area contributed by atoms with Crippen molar-refractivity contribution in [3.8, 4) is 0 Å². The van der Waals surface area contributed by atoms with Crippen LogP contribution in [0.3, 0.4) is 0 Å². The lowest BCUT2D eigenvalue weighted by atomic mass is 9.95. The van der Waals surface area contributed by atoms with Gasteiger partial charge in [0.1, 0.15) is 0 Å². The third-order valence-corrected chi connectivity index (χ3v) is 7.21. The maximum absolute atomic E-state index is 6.48. The average Bonchev–Trinajstić information content (AvgIpc) is 2.75. The first kappa shape index (κ1) is 22.6. The van der Waals surface area contributed by atoms with Gasteiger partial charge in [-0.2, -0.15) is 0 Å². The number of piperidine rings is 1. The largest absolute Gasteiger partial charge is 0.382 e. The number of hydrogen-bond acceptors (Lipinski definition) is 8. The lowest BCUT2D eigenvalue weighted by Gasteiger charge is -2.34. The molecule has 29 heavy (non-hydrogen) atoms. The molecule has 6 N–H and O–H groups in total. The van der Waals surface area contributed by atoms with Crippen LogP contribution in [-0.2, 0) is 0 Å². The van der Waals surface area contributed by atoms with Gasteiger partial charge < -0.3 is 11.1 Å². The van der Waals surface area contributed by atoms with E-state index in [9.17, 15) is 0 Å². The van der Waals surface area contributed by atoms with E-state index in [-0.39, 0.29) is 6.04 Å². The zero-order valence-electron chi connectivity index (χ0n) is 17.6. The smallest absolute Gasteiger partial charge is 0.154 e. The van der Waals surface area contributed by atoms with Crippen LogP contribution in [-0.4, -0.2) is 53.7 Å². The molecule has 0 bridgehead atoms. The monoisotopic (exact) mass is 437 g/mol. The molecular formula is C20H35N7S2. The molecule has 1 saturated carbocycles. The molecule has 1 aliphatic carbocycles. The lowest BCUT2D eigenvalue weighted by molar-refractivity contribution is 0.146. The van der Waals surface area contributed by atoms with Gasteiger partial charge in [0.05, 0.1) is 6.04 Å². The first-order chi connectivity index (χ1) is 14.1. The van der Waals surface area contributed by atoms with Gasteiger partial charge in [0.25, 0.3) is 0 Å². The predicted octanol–water partition coefficient (Wildman–Crippen LogP) is 3.20. The standard InChI is InChI=1S/C20H35N7S2/c1-23-29-17-10-11-19(24-15-7-4-3-5-8-15)18(13-17)20(21)25-27(22)16-9-6-12-26(14-16)28-2/h10-11,13,15-16,23-24H,3-9,12,14,22H2,1-2H3,(H2,21,25). The van der Waals surface area contributed by atoms with Gasteiger partial charge in [0.15, 0.2) is 5.84 Å². The van der Waals surface area contributed by atoms with E-state index in [1.54, 1.807) is 29.0 Å². The van der Waals surface area contributed by atoms with Crippen LogP contribution in [0.4, 0.5) is 5.69 Å². The van der Waals surface area contributed by atoms with Gasteiger partial charge in [-0.15, -0.1) is 5.10 Å². The van der Waals surface area contributed by atoms with Crippen LogP contribution in [0.25, 0.3) is 0 Å². The van der Waals surface area contributed by atoms with Crippen LogP contribution in [0.15, 0.2) is 28.2 Å². The summed E-state index contributed by atoms with van der Waals surface area (Å²) < 4.78 is 5.46. The Morgan fingerprint density at radius 3 is 2.72 bits per heavy atom. The minimum Gasteiger partial charge on any atom is -0.382 e. The second-order valence-corrected chi connectivity index (χ2v) is 9.69. The number of nitrogens with two attached hydrogens (primary N) is 2. The van der Waals surface area contributed by atoms with Crippen molar-refractivity contribution in [1.29, 1.82) is 0 Å². The van der Waals surface area contributed by atoms with Crippen LogP contribution in [0.1, 0.15) is 50.5 Å². The molecule has 1 aliphatic heterocycles. The van der Waals surface area contributed by atoms with E-state index in [4.69, 9.17) is 11.6 Å². The van der Waals surface area contributed by atoms with Crippen molar-refractivity contribution >= 4 is 35.4 Å². The molecule has 3 rings (SSSR count). The van der Waals surface area contributed by atoms with Crippen molar-refractivity contribution in [2.45, 2.75) is 61.9 Å². The van der Waals surface area contributed by atoms with Crippen molar-refractivity contribution in [3.05, 3.63) is 23.8 Å². The molecule has 0 radical (unpaired) electrons. The molecule has 162 valence electrons. The van der Waals surface area contributed by atoms with Crippen molar-refractivity contribution in [2.24, 2.45) is 16.7 Å². The quantitative estimate of drug-likeness (QED) is 0.162. The maximum Gasteiger partial charge on any atom is 0.154 e. The van der Waals surface area contributed by atoms with Crippen molar-refractivity contribution < 1.29 is 0 Å². The zero-order valence-corrected chi connectivity index (χ0v) is 19.2. The molecule has 9 heteroatoms. The fourth-order valence-electron chi connectivity index (χ4n) is 4.07. The number of anilines is 1. The van der Waals surface area contributed by atoms with E-state index in [0.29, 0.717) is 11.9 Å². The normalized spacial score (nSPS) is 21.9. The summed E-state index contributed by atoms with van der Waals surface area (Å²) in [5.41, 5.74) is 8.44. The van der Waals surface area contributed by atoms with Crippen molar-refractivity contribution in [2.75, 3.05) is 31.7 Å². The minimum atomic E-state index is 0.180. The van der Waals surface area contributed by atoms with Crippen LogP contribution < -0.4 is 21.6 Å². The van der Waals surface area contributed by atoms with E-state index in [1.807, 2.05) is 7.05 Å². The van der Waals surface area contributed by atoms with E-state index in [1.165, 1.54) is 32.1 Å². The maximum atomic E-state index is 6.48. The topological polar surface area (TPSA) is 94.9 Å². The first-order valence-corrected chi connectivity index (χ1v) is 12.5. The number of nitrogens with one attached hydrogen (secondary N) is 2. The molecule has 1 aromatic rings. The van der Waals surface area contributed by atoms with Gasteiger partial charge in [-0.25, -0.2) is 15.3 Å². The van der Waals surface area contributed by atoms with Crippen molar-refractivity contribution in [1.82, 2.24) is 14.1 Å². The highest BCUT2D eigenvalue weighted by Crippen LogP contribution is 2.27. The highest BCUT2D eigenvalue weighted by atomic mass is 32.2. The zero-order chi connectivity index (χ0) is 20.6. The molecule has 7 nitrogen and oxygen atoms in total. The summed E-state index contributed by atoms with van der Waals surface area (Å²) in [4.78, 5) is 1.10. The molecule has 1 atom stereocenters. The Morgan fingerprint density at radius 2 is 2.00 bits per heavy atom. The van der Waals surface area contributed by atoms with Gasteiger partial charge in [0.2, 0.25) is 0 Å². The number of rotatable bonds is 8. The van der Waals surface area contributed by atoms with Gasteiger partial charge in [-0.1, -0.05) is 31.2 Å². The molecule has 0 aromatic heterocycles. The van der Waals surface area contributed by atoms with E-state index in [2.05, 4.69) is 43.9 Å². The van der Waals surface area contributed by atoms with E-state index >= 15 is 0 Å². The SMILES string of the molecule is CNSc1ccc(NC2CCCCC2)c(/C(N)=N/N(N)C2CCCN(SC)C2)c1. The summed E-state index contributed by atoms with van der Waals surface area (Å²) in [6.07, 6.45) is 10.6. The Balaban J connectivity index is 1.79. The van der Waals surface area contributed by atoms with Crippen LogP contribution in [0.2, 0.25) is 0 Å². The molecule has 2 fully saturated rings. The number of hydrazine groups is 1. The van der Waals surface area contributed by atoms with Gasteiger partial charge in [-0.05, 0) is 69.1 Å². The Morgan fingerprint density at radius 1 is 1.21 bits per heavy atom. The number of hydrazone groups is 1. The summed E-state index contributed by atoms with van der Waals surface area (Å²) in [5.74, 6) is 6.79. The predicted molar refractivity (Wildman–Crippen MR) is 127 cm³/mol. The average molecular weight is 438 g/mol. The van der Waals surface area contributed by atoms with Gasteiger partial charge >= 0.3 is 0 Å². The third-order valence-electron chi connectivity index (χ3n) is 5.67. The lowest BCUT2D eigenvalue weighted by Crippen LogP contribution is -2.47. The molecular weight excluding hydrogens is 402 g/mol. The highest BCUT2D eigenvalue weighted by Gasteiger charge is 2.24. The van der Waals surface area contributed by atoms with Crippen LogP contribution >= 0.6 is 23.9 Å². The molecule has 1 saturated heterocycles. The Labute approximate surface area is 183 Å². The Hall–Kier alpha value is -1.13. The van der Waals surface area contributed by atoms with Gasteiger partial charge in [-0.3, -0.25) is 4.72 Å². The summed E-state index contributed by atoms with van der Waals surface area (Å²) in [7, 11) is 1.91. The summed E-state index contributed by atoms with van der Waals surface area (Å²) in [6.45, 7) is 2.00. The van der Waals surface area contributed by atoms with Crippen molar-refractivity contribution in [3.63, 3.8) is 0 Å². The third kappa shape index (κ3) is 6.42. The van der Waals surface area contributed by atoms with E-state index < -0.39 is 0 Å². The Bertz CT molecular complexity index is 679. The highest BCUT2D eigenvalue weighted by molar-refractivity contribution is 7.97. The van der Waals surface area contributed by atoms with Crippen LogP contribution in [0.5, 0.6) is 0 Å². The number of benzene rings is 1. The summed E-state index contributed by atoms with van der Waals surface area (Å²) in [5, 5.41) is 9.87. The summed E-state index contributed by atoms with van der Waals surface area (Å²) in [6, 6.07) is 7.00. The minimum absolute atomic E-state index is 0.180. The fourth-order valence-corrected chi connectivity index (χ4v) is 5.25. The molecule has 0 spiro atoms. The fraction of sp³-hybridized carbons (Fsp3) is 0.650. The molecule has 1 unspecified atom stereocenters. The second kappa shape index (κ2) is 11.3.